The lowest BCUT2D eigenvalue weighted by atomic mass is 10.5. The fraction of sp³-hybridized carbons (Fsp3) is 0.600. The van der Waals surface area contributed by atoms with Crippen molar-refractivity contribution in [1.29, 1.82) is 0 Å². The van der Waals surface area contributed by atoms with Crippen molar-refractivity contribution < 1.29 is 0 Å². The fourth-order valence-corrected chi connectivity index (χ4v) is 2.12. The van der Waals surface area contributed by atoms with Gasteiger partial charge in [-0.25, -0.2) is 9.97 Å². The van der Waals surface area contributed by atoms with E-state index < -0.39 is 0 Å². The molecule has 2 fully saturated rings. The predicted octanol–water partition coefficient (Wildman–Crippen LogP) is 1.63. The number of hydrogen-bond donors (Lipinski definition) is 2. The van der Waals surface area contributed by atoms with Crippen LogP contribution in [0.15, 0.2) is 0 Å². The van der Waals surface area contributed by atoms with Crippen LogP contribution >= 0.6 is 11.7 Å². The van der Waals surface area contributed by atoms with Crippen LogP contribution in [-0.2, 0) is 0 Å². The number of nitrogens with zero attached hydrogens (tertiary/aromatic N) is 4. The second kappa shape index (κ2) is 3.49. The van der Waals surface area contributed by atoms with Crippen molar-refractivity contribution in [3.63, 3.8) is 0 Å². The molecular formula is C10H12N6S. The average Bonchev–Trinajstić information content (AvgIpc) is 3.21. The highest BCUT2D eigenvalue weighted by atomic mass is 32.1. The lowest BCUT2D eigenvalue weighted by molar-refractivity contribution is 1.07. The highest BCUT2D eigenvalue weighted by molar-refractivity contribution is 6.99. The lowest BCUT2D eigenvalue weighted by Crippen LogP contribution is -2.11. The first-order chi connectivity index (χ1) is 8.38. The Morgan fingerprint density at radius 3 is 1.71 bits per heavy atom. The van der Waals surface area contributed by atoms with Crippen LogP contribution in [0.3, 0.4) is 0 Å². The Bertz CT molecular complexity index is 511. The van der Waals surface area contributed by atoms with E-state index in [0.717, 1.165) is 23.4 Å². The summed E-state index contributed by atoms with van der Waals surface area (Å²) in [6, 6.07) is 1.13. The molecule has 88 valence electrons. The van der Waals surface area contributed by atoms with Gasteiger partial charge >= 0.3 is 0 Å². The Morgan fingerprint density at radius 2 is 1.29 bits per heavy atom. The van der Waals surface area contributed by atoms with Crippen LogP contribution in [0.25, 0.3) is 11.3 Å². The Kier molecular flexibility index (Phi) is 1.96. The number of aromatic nitrogens is 4. The van der Waals surface area contributed by atoms with E-state index in [4.69, 9.17) is 0 Å². The Hall–Kier alpha value is -1.50. The van der Waals surface area contributed by atoms with Gasteiger partial charge in [0.1, 0.15) is 0 Å². The van der Waals surface area contributed by atoms with E-state index in [-0.39, 0.29) is 0 Å². The molecule has 0 unspecified atom stereocenters. The number of hydrogen-bond acceptors (Lipinski definition) is 7. The minimum atomic E-state index is 0.563. The summed E-state index contributed by atoms with van der Waals surface area (Å²) in [6.07, 6.45) is 4.88. The Morgan fingerprint density at radius 1 is 0.824 bits per heavy atom. The summed E-state index contributed by atoms with van der Waals surface area (Å²) in [4.78, 5) is 8.99. The highest BCUT2D eigenvalue weighted by Crippen LogP contribution is 2.31. The molecule has 4 rings (SSSR count). The van der Waals surface area contributed by atoms with Crippen molar-refractivity contribution in [3.8, 4) is 0 Å². The highest BCUT2D eigenvalue weighted by Gasteiger charge is 2.27. The van der Waals surface area contributed by atoms with Gasteiger partial charge in [-0.2, -0.15) is 8.75 Å². The van der Waals surface area contributed by atoms with Gasteiger partial charge in [0.25, 0.3) is 0 Å². The lowest BCUT2D eigenvalue weighted by Gasteiger charge is -2.10. The first-order valence-corrected chi connectivity index (χ1v) is 6.65. The summed E-state index contributed by atoms with van der Waals surface area (Å²) in [5.74, 6) is 1.67. The largest absolute Gasteiger partial charge is 0.364 e. The van der Waals surface area contributed by atoms with E-state index in [0.29, 0.717) is 23.4 Å². The van der Waals surface area contributed by atoms with E-state index in [2.05, 4.69) is 29.3 Å². The summed E-state index contributed by atoms with van der Waals surface area (Å²) >= 11 is 1.16. The molecule has 0 bridgehead atoms. The minimum Gasteiger partial charge on any atom is -0.364 e. The molecule has 2 aliphatic rings. The molecule has 0 atom stereocenters. The quantitative estimate of drug-likeness (QED) is 0.856. The number of fused-ring (bicyclic) bond motifs is 1. The Balaban J connectivity index is 1.74. The van der Waals surface area contributed by atoms with Crippen molar-refractivity contribution in [2.24, 2.45) is 0 Å². The third-order valence-electron chi connectivity index (χ3n) is 2.95. The van der Waals surface area contributed by atoms with E-state index in [9.17, 15) is 0 Å². The molecule has 2 N–H and O–H groups in total. The second-order valence-corrected chi connectivity index (χ2v) is 5.20. The van der Waals surface area contributed by atoms with Crippen molar-refractivity contribution in [3.05, 3.63) is 0 Å². The summed E-state index contributed by atoms with van der Waals surface area (Å²) in [5.41, 5.74) is 1.28. The zero-order chi connectivity index (χ0) is 11.2. The molecule has 6 nitrogen and oxygen atoms in total. The zero-order valence-corrected chi connectivity index (χ0v) is 10.00. The summed E-state index contributed by atoms with van der Waals surface area (Å²) < 4.78 is 8.26. The van der Waals surface area contributed by atoms with Gasteiger partial charge in [0.05, 0.1) is 11.7 Å². The van der Waals surface area contributed by atoms with Crippen LogP contribution in [0.1, 0.15) is 25.7 Å². The molecular weight excluding hydrogens is 236 g/mol. The molecule has 0 amide bonds. The molecule has 0 radical (unpaired) electrons. The van der Waals surface area contributed by atoms with E-state index in [1.165, 1.54) is 25.7 Å². The first kappa shape index (κ1) is 9.52. The fourth-order valence-electron chi connectivity index (χ4n) is 1.68. The molecule has 2 heterocycles. The summed E-state index contributed by atoms with van der Waals surface area (Å²) in [6.45, 7) is 0. The summed E-state index contributed by atoms with van der Waals surface area (Å²) in [7, 11) is 0. The van der Waals surface area contributed by atoms with Gasteiger partial charge in [-0.15, -0.1) is 0 Å². The number of nitrogens with one attached hydrogen (secondary N) is 2. The van der Waals surface area contributed by atoms with Gasteiger partial charge in [0, 0.05) is 12.1 Å². The van der Waals surface area contributed by atoms with Gasteiger partial charge in [0.2, 0.25) is 11.3 Å². The molecule has 0 saturated heterocycles. The molecule has 17 heavy (non-hydrogen) atoms. The van der Waals surface area contributed by atoms with Crippen molar-refractivity contribution in [1.82, 2.24) is 18.7 Å². The van der Waals surface area contributed by atoms with Crippen LogP contribution in [0.4, 0.5) is 11.6 Å². The Labute approximate surface area is 102 Å². The third-order valence-corrected chi connectivity index (χ3v) is 3.46. The topological polar surface area (TPSA) is 75.6 Å². The maximum Gasteiger partial charge on any atom is 0.214 e. The predicted molar refractivity (Wildman–Crippen MR) is 66.3 cm³/mol. The van der Waals surface area contributed by atoms with Crippen LogP contribution in [0.5, 0.6) is 0 Å². The van der Waals surface area contributed by atoms with Crippen LogP contribution < -0.4 is 10.6 Å². The van der Waals surface area contributed by atoms with Gasteiger partial charge in [0.15, 0.2) is 11.6 Å². The van der Waals surface area contributed by atoms with Gasteiger partial charge < -0.3 is 10.6 Å². The maximum absolute atomic E-state index is 4.50. The van der Waals surface area contributed by atoms with Gasteiger partial charge in [-0.05, 0) is 25.7 Å². The maximum atomic E-state index is 4.50. The van der Waals surface area contributed by atoms with Crippen LogP contribution in [-0.4, -0.2) is 30.8 Å². The molecule has 7 heteroatoms. The average molecular weight is 248 g/mol. The smallest absolute Gasteiger partial charge is 0.214 e. The summed E-state index contributed by atoms with van der Waals surface area (Å²) in [5, 5.41) is 6.80. The van der Waals surface area contributed by atoms with E-state index >= 15 is 0 Å². The number of anilines is 2. The molecule has 2 saturated carbocycles. The zero-order valence-electron chi connectivity index (χ0n) is 9.18. The molecule has 2 aromatic rings. The van der Waals surface area contributed by atoms with Crippen molar-refractivity contribution in [2.45, 2.75) is 37.8 Å². The molecule has 2 aliphatic carbocycles. The van der Waals surface area contributed by atoms with Crippen molar-refractivity contribution >= 4 is 34.7 Å². The van der Waals surface area contributed by atoms with E-state index in [1.807, 2.05) is 0 Å². The molecule has 2 aromatic heterocycles. The SMILES string of the molecule is C1CC1Nc1nc2nsnc2nc1NC1CC1. The van der Waals surface area contributed by atoms with Gasteiger partial charge in [-0.1, -0.05) is 0 Å². The van der Waals surface area contributed by atoms with Crippen LogP contribution in [0.2, 0.25) is 0 Å². The molecule has 0 aromatic carbocycles. The molecule has 0 aliphatic heterocycles. The van der Waals surface area contributed by atoms with Gasteiger partial charge in [-0.3, -0.25) is 0 Å². The van der Waals surface area contributed by atoms with E-state index in [1.54, 1.807) is 0 Å². The number of rotatable bonds is 4. The second-order valence-electron chi connectivity index (χ2n) is 4.67. The molecule has 0 spiro atoms. The monoisotopic (exact) mass is 248 g/mol. The van der Waals surface area contributed by atoms with Crippen LogP contribution in [0, 0.1) is 0 Å². The third kappa shape index (κ3) is 1.90. The minimum absolute atomic E-state index is 0.563. The first-order valence-electron chi connectivity index (χ1n) is 5.92. The normalized spacial score (nSPS) is 19.5. The van der Waals surface area contributed by atoms with Crippen molar-refractivity contribution in [2.75, 3.05) is 10.6 Å². The standard InChI is InChI=1S/C10H12N6S/c1-2-5(1)11-7-8(12-6-3-4-6)14-10-9(13-7)15-17-16-10/h5-6H,1-4H2,(H,11,13,15)(H,12,14,16).